The number of hydrogen-bond donors (Lipinski definition) is 3. The largest absolute Gasteiger partial charge is 0.476 e. The first-order valence-corrected chi connectivity index (χ1v) is 6.64. The van der Waals surface area contributed by atoms with Crippen molar-refractivity contribution >= 4 is 17.9 Å². The summed E-state index contributed by atoms with van der Waals surface area (Å²) in [5.74, 6) is -2.89. The predicted molar refractivity (Wildman–Crippen MR) is 83.4 cm³/mol. The number of nitrogens with two attached hydrogens (primary N) is 2. The molecule has 118 valence electrons. The van der Waals surface area contributed by atoms with Crippen LogP contribution in [0.1, 0.15) is 15.9 Å². The lowest BCUT2D eigenvalue weighted by Crippen LogP contribution is -2.42. The lowest BCUT2D eigenvalue weighted by atomic mass is 10.0. The third-order valence-electron chi connectivity index (χ3n) is 2.99. The maximum atomic E-state index is 12.3. The van der Waals surface area contributed by atoms with Crippen molar-refractivity contribution in [1.82, 2.24) is 0 Å². The lowest BCUT2D eigenvalue weighted by molar-refractivity contribution is -0.159. The SMILES string of the molecule is NC(N)=NC(OC(=O)c1ccccc1)(C(=O)O)c1ccccc1. The van der Waals surface area contributed by atoms with E-state index in [0.717, 1.165) is 0 Å². The zero-order valence-electron chi connectivity index (χ0n) is 12.0. The van der Waals surface area contributed by atoms with Crippen LogP contribution < -0.4 is 11.5 Å². The minimum atomic E-state index is -2.35. The molecule has 0 aliphatic rings. The van der Waals surface area contributed by atoms with E-state index in [1.165, 1.54) is 24.3 Å². The number of aliphatic imine (C=N–C) groups is 1. The average Bonchev–Trinajstić information content (AvgIpc) is 2.55. The highest BCUT2D eigenvalue weighted by atomic mass is 16.6. The minimum Gasteiger partial charge on any atom is -0.476 e. The summed E-state index contributed by atoms with van der Waals surface area (Å²) in [6.07, 6.45) is 0. The minimum absolute atomic E-state index is 0.116. The van der Waals surface area contributed by atoms with Crippen LogP contribution in [0.4, 0.5) is 0 Å². The van der Waals surface area contributed by atoms with E-state index in [1.54, 1.807) is 36.4 Å². The molecular weight excluding hydrogens is 298 g/mol. The van der Waals surface area contributed by atoms with Crippen LogP contribution in [0.15, 0.2) is 65.7 Å². The van der Waals surface area contributed by atoms with Crippen molar-refractivity contribution in [1.29, 1.82) is 0 Å². The Balaban J connectivity index is 2.51. The summed E-state index contributed by atoms with van der Waals surface area (Å²) in [6.45, 7) is 0. The van der Waals surface area contributed by atoms with E-state index >= 15 is 0 Å². The molecule has 0 aromatic heterocycles. The van der Waals surface area contributed by atoms with Gasteiger partial charge in [0.05, 0.1) is 5.56 Å². The molecule has 0 fully saturated rings. The smallest absolute Gasteiger partial charge is 0.377 e. The van der Waals surface area contributed by atoms with E-state index in [2.05, 4.69) is 4.99 Å². The molecule has 0 heterocycles. The quantitative estimate of drug-likeness (QED) is 0.430. The summed E-state index contributed by atoms with van der Waals surface area (Å²) in [5, 5.41) is 9.63. The molecule has 0 aliphatic heterocycles. The molecule has 0 saturated carbocycles. The lowest BCUT2D eigenvalue weighted by Gasteiger charge is -2.25. The summed E-state index contributed by atoms with van der Waals surface area (Å²) in [6, 6.07) is 15.7. The van der Waals surface area contributed by atoms with Gasteiger partial charge in [-0.1, -0.05) is 48.5 Å². The molecule has 7 heteroatoms. The van der Waals surface area contributed by atoms with Crippen LogP contribution in [0, 0.1) is 0 Å². The van der Waals surface area contributed by atoms with Crippen LogP contribution in [-0.2, 0) is 15.3 Å². The van der Waals surface area contributed by atoms with Gasteiger partial charge >= 0.3 is 17.7 Å². The van der Waals surface area contributed by atoms with E-state index in [0.29, 0.717) is 0 Å². The molecule has 0 radical (unpaired) electrons. The van der Waals surface area contributed by atoms with Gasteiger partial charge in [0.1, 0.15) is 0 Å². The van der Waals surface area contributed by atoms with Gasteiger partial charge in [-0.2, -0.15) is 4.99 Å². The highest BCUT2D eigenvalue weighted by molar-refractivity contribution is 5.93. The molecule has 23 heavy (non-hydrogen) atoms. The Morgan fingerprint density at radius 3 is 1.96 bits per heavy atom. The van der Waals surface area contributed by atoms with Crippen molar-refractivity contribution < 1.29 is 19.4 Å². The van der Waals surface area contributed by atoms with Gasteiger partial charge in [0.2, 0.25) is 0 Å². The molecule has 0 spiro atoms. The molecule has 1 atom stereocenters. The Bertz CT molecular complexity index is 728. The molecule has 0 bridgehead atoms. The van der Waals surface area contributed by atoms with Gasteiger partial charge < -0.3 is 21.3 Å². The molecule has 0 aliphatic carbocycles. The topological polar surface area (TPSA) is 128 Å². The number of ether oxygens (including phenoxy) is 1. The third kappa shape index (κ3) is 3.46. The fraction of sp³-hybridized carbons (Fsp3) is 0.0625. The van der Waals surface area contributed by atoms with Crippen molar-refractivity contribution in [3.05, 3.63) is 71.8 Å². The van der Waals surface area contributed by atoms with Crippen molar-refractivity contribution in [2.45, 2.75) is 5.72 Å². The number of benzene rings is 2. The number of carboxylic acid groups (broad SMARTS) is 1. The number of rotatable bonds is 5. The zero-order valence-corrected chi connectivity index (χ0v) is 12.0. The van der Waals surface area contributed by atoms with Gasteiger partial charge in [-0.25, -0.2) is 9.59 Å². The van der Waals surface area contributed by atoms with Gasteiger partial charge in [-0.3, -0.25) is 0 Å². The van der Waals surface area contributed by atoms with Crippen molar-refractivity contribution in [3.63, 3.8) is 0 Å². The number of hydrogen-bond acceptors (Lipinski definition) is 4. The van der Waals surface area contributed by atoms with Crippen LogP contribution in [0.5, 0.6) is 0 Å². The molecule has 2 aromatic carbocycles. The molecule has 2 rings (SSSR count). The number of esters is 1. The summed E-state index contributed by atoms with van der Waals surface area (Å²) in [4.78, 5) is 27.8. The summed E-state index contributed by atoms with van der Waals surface area (Å²) >= 11 is 0. The number of aliphatic carboxylic acids is 1. The van der Waals surface area contributed by atoms with E-state index < -0.39 is 23.6 Å². The third-order valence-corrected chi connectivity index (χ3v) is 2.99. The number of carbonyl (C=O) groups excluding carboxylic acids is 1. The fourth-order valence-electron chi connectivity index (χ4n) is 1.97. The van der Waals surface area contributed by atoms with Gasteiger partial charge in [-0.15, -0.1) is 0 Å². The summed E-state index contributed by atoms with van der Waals surface area (Å²) in [5.41, 5.74) is 8.62. The first-order valence-electron chi connectivity index (χ1n) is 6.64. The molecule has 7 nitrogen and oxygen atoms in total. The second-order valence-corrected chi connectivity index (χ2v) is 4.61. The molecule has 1 unspecified atom stereocenters. The second kappa shape index (κ2) is 6.61. The highest BCUT2D eigenvalue weighted by Gasteiger charge is 2.45. The van der Waals surface area contributed by atoms with Gasteiger partial charge in [-0.05, 0) is 12.1 Å². The molecule has 5 N–H and O–H groups in total. The fourth-order valence-corrected chi connectivity index (χ4v) is 1.97. The molecule has 0 amide bonds. The van der Waals surface area contributed by atoms with Crippen molar-refractivity contribution in [2.24, 2.45) is 16.5 Å². The van der Waals surface area contributed by atoms with E-state index in [9.17, 15) is 14.7 Å². The maximum absolute atomic E-state index is 12.3. The first-order chi connectivity index (χ1) is 11.0. The molecule has 2 aromatic rings. The number of carboxylic acids is 1. The second-order valence-electron chi connectivity index (χ2n) is 4.61. The van der Waals surface area contributed by atoms with Crippen molar-refractivity contribution in [3.8, 4) is 0 Å². The van der Waals surface area contributed by atoms with Gasteiger partial charge in [0, 0.05) is 5.56 Å². The van der Waals surface area contributed by atoms with E-state index in [1.807, 2.05) is 0 Å². The summed E-state index contributed by atoms with van der Waals surface area (Å²) < 4.78 is 5.20. The Morgan fingerprint density at radius 1 is 0.957 bits per heavy atom. The first kappa shape index (κ1) is 16.0. The van der Waals surface area contributed by atoms with Crippen molar-refractivity contribution in [2.75, 3.05) is 0 Å². The van der Waals surface area contributed by atoms with E-state index in [-0.39, 0.29) is 11.1 Å². The van der Waals surface area contributed by atoms with Gasteiger partial charge in [0.15, 0.2) is 5.96 Å². The Labute approximate surface area is 132 Å². The normalized spacial score (nSPS) is 12.7. The van der Waals surface area contributed by atoms with Crippen LogP contribution in [0.2, 0.25) is 0 Å². The van der Waals surface area contributed by atoms with Gasteiger partial charge in [0.25, 0.3) is 0 Å². The number of guanidine groups is 1. The summed E-state index contributed by atoms with van der Waals surface area (Å²) in [7, 11) is 0. The average molecular weight is 313 g/mol. The Kier molecular flexibility index (Phi) is 4.61. The Hall–Kier alpha value is -3.35. The number of carbonyl (C=O) groups is 2. The maximum Gasteiger partial charge on any atom is 0.377 e. The van der Waals surface area contributed by atoms with Crippen LogP contribution >= 0.6 is 0 Å². The Morgan fingerprint density at radius 2 is 1.48 bits per heavy atom. The van der Waals surface area contributed by atoms with Crippen LogP contribution in [0.3, 0.4) is 0 Å². The molecule has 0 saturated heterocycles. The van der Waals surface area contributed by atoms with E-state index in [4.69, 9.17) is 16.2 Å². The van der Waals surface area contributed by atoms with Crippen LogP contribution in [-0.4, -0.2) is 23.0 Å². The highest BCUT2D eigenvalue weighted by Crippen LogP contribution is 2.29. The predicted octanol–water partition coefficient (Wildman–Crippen LogP) is 1.05. The molecular formula is C16H15N3O4. The zero-order chi connectivity index (χ0) is 16.9. The van der Waals surface area contributed by atoms with Crippen LogP contribution in [0.25, 0.3) is 0 Å². The number of nitrogens with zero attached hydrogens (tertiary/aromatic N) is 1. The standard InChI is InChI=1S/C16H15N3O4/c17-15(18)19-16(14(21)22,12-9-5-2-6-10-12)23-13(20)11-7-3-1-4-8-11/h1-10H,(H,21,22)(H4,17,18,19). The monoisotopic (exact) mass is 313 g/mol.